The summed E-state index contributed by atoms with van der Waals surface area (Å²) in [6.07, 6.45) is 0.149. The summed E-state index contributed by atoms with van der Waals surface area (Å²) in [5.74, 6) is -0.863. The number of hydrogen-bond donors (Lipinski definition) is 0. The second kappa shape index (κ2) is 7.14. The van der Waals surface area contributed by atoms with E-state index in [4.69, 9.17) is 9.47 Å². The molecular formula is C13H17FO3. The summed E-state index contributed by atoms with van der Waals surface area (Å²) in [7, 11) is 0. The normalized spacial score (nSPS) is 12.7. The maximum Gasteiger partial charge on any atom is 0.170 e. The number of ether oxygens (including phenoxy) is 2. The molecule has 0 amide bonds. The van der Waals surface area contributed by atoms with Crippen molar-refractivity contribution in [3.8, 4) is 0 Å². The largest absolute Gasteiger partial charge is 0.352 e. The van der Waals surface area contributed by atoms with E-state index in [0.29, 0.717) is 18.8 Å². The monoisotopic (exact) mass is 240 g/mol. The Morgan fingerprint density at radius 1 is 1.18 bits per heavy atom. The van der Waals surface area contributed by atoms with Crippen molar-refractivity contribution in [2.75, 3.05) is 13.2 Å². The first-order valence-corrected chi connectivity index (χ1v) is 5.66. The maximum absolute atomic E-state index is 12.8. The van der Waals surface area contributed by atoms with Crippen LogP contribution in [-0.4, -0.2) is 25.8 Å². The summed E-state index contributed by atoms with van der Waals surface area (Å²) < 4.78 is 23.5. The van der Waals surface area contributed by atoms with Gasteiger partial charge < -0.3 is 14.3 Å². The van der Waals surface area contributed by atoms with Crippen LogP contribution in [0.5, 0.6) is 0 Å². The number of aldehydes is 1. The van der Waals surface area contributed by atoms with Gasteiger partial charge >= 0.3 is 0 Å². The summed E-state index contributed by atoms with van der Waals surface area (Å²) in [6.45, 7) is 4.57. The lowest BCUT2D eigenvalue weighted by molar-refractivity contribution is -0.154. The zero-order valence-corrected chi connectivity index (χ0v) is 10.1. The Bertz CT molecular complexity index is 331. The van der Waals surface area contributed by atoms with Gasteiger partial charge in [0.15, 0.2) is 6.29 Å². The molecule has 0 radical (unpaired) electrons. The Labute approximate surface area is 101 Å². The van der Waals surface area contributed by atoms with Gasteiger partial charge in [0, 0.05) is 13.2 Å². The molecule has 4 heteroatoms. The van der Waals surface area contributed by atoms with Crippen LogP contribution in [0.25, 0.3) is 0 Å². The minimum Gasteiger partial charge on any atom is -0.352 e. The van der Waals surface area contributed by atoms with Gasteiger partial charge in [-0.15, -0.1) is 0 Å². The number of carbonyl (C=O) groups is 1. The lowest BCUT2D eigenvalue weighted by Gasteiger charge is -2.22. The van der Waals surface area contributed by atoms with Gasteiger partial charge in [-0.05, 0) is 31.5 Å². The van der Waals surface area contributed by atoms with Crippen molar-refractivity contribution in [1.82, 2.24) is 0 Å². The molecule has 17 heavy (non-hydrogen) atoms. The van der Waals surface area contributed by atoms with Gasteiger partial charge in [-0.25, -0.2) is 4.39 Å². The fraction of sp³-hybridized carbons (Fsp3) is 0.462. The molecule has 1 aromatic carbocycles. The summed E-state index contributed by atoms with van der Waals surface area (Å²) in [4.78, 5) is 11.1. The van der Waals surface area contributed by atoms with E-state index in [0.717, 1.165) is 6.29 Å². The van der Waals surface area contributed by atoms with E-state index in [1.54, 1.807) is 12.1 Å². The number of halogens is 1. The van der Waals surface area contributed by atoms with Crippen molar-refractivity contribution in [3.63, 3.8) is 0 Å². The van der Waals surface area contributed by atoms with Crippen molar-refractivity contribution >= 4 is 6.29 Å². The number of hydrogen-bond acceptors (Lipinski definition) is 3. The average molecular weight is 240 g/mol. The van der Waals surface area contributed by atoms with Crippen molar-refractivity contribution in [3.05, 3.63) is 35.6 Å². The van der Waals surface area contributed by atoms with E-state index in [1.165, 1.54) is 12.1 Å². The predicted molar refractivity (Wildman–Crippen MR) is 62.2 cm³/mol. The molecule has 0 spiro atoms. The molecule has 0 aliphatic carbocycles. The van der Waals surface area contributed by atoms with Crippen LogP contribution in [0.2, 0.25) is 0 Å². The molecule has 0 saturated heterocycles. The predicted octanol–water partition coefficient (Wildman–Crippen LogP) is 2.51. The molecule has 1 unspecified atom stereocenters. The first-order valence-electron chi connectivity index (χ1n) is 5.66. The molecule has 0 aliphatic heterocycles. The molecule has 0 aromatic heterocycles. The fourth-order valence-corrected chi connectivity index (χ4v) is 1.57. The van der Waals surface area contributed by atoms with E-state index < -0.39 is 12.2 Å². The third-order valence-corrected chi connectivity index (χ3v) is 2.36. The SMILES string of the molecule is CCOC(OCC)C(C=O)c1ccc(F)cc1. The highest BCUT2D eigenvalue weighted by Crippen LogP contribution is 2.21. The van der Waals surface area contributed by atoms with Crippen LogP contribution in [0.1, 0.15) is 25.3 Å². The van der Waals surface area contributed by atoms with Gasteiger partial charge in [-0.3, -0.25) is 0 Å². The second-order valence-corrected chi connectivity index (χ2v) is 3.49. The summed E-state index contributed by atoms with van der Waals surface area (Å²) >= 11 is 0. The van der Waals surface area contributed by atoms with Gasteiger partial charge in [0.25, 0.3) is 0 Å². The van der Waals surface area contributed by atoms with Crippen molar-refractivity contribution in [2.45, 2.75) is 26.1 Å². The summed E-state index contributed by atoms with van der Waals surface area (Å²) in [5, 5.41) is 0. The van der Waals surface area contributed by atoms with Crippen molar-refractivity contribution in [2.24, 2.45) is 0 Å². The van der Waals surface area contributed by atoms with E-state index >= 15 is 0 Å². The van der Waals surface area contributed by atoms with Gasteiger partial charge in [-0.1, -0.05) is 12.1 Å². The molecule has 0 fully saturated rings. The summed E-state index contributed by atoms with van der Waals surface area (Å²) in [6, 6.07) is 5.78. The van der Waals surface area contributed by atoms with Gasteiger partial charge in [0.1, 0.15) is 12.1 Å². The Hall–Kier alpha value is -1.26. The van der Waals surface area contributed by atoms with Crippen LogP contribution in [-0.2, 0) is 14.3 Å². The van der Waals surface area contributed by atoms with Gasteiger partial charge in [-0.2, -0.15) is 0 Å². The van der Waals surface area contributed by atoms with Crippen LogP contribution >= 0.6 is 0 Å². The maximum atomic E-state index is 12.8. The van der Waals surface area contributed by atoms with E-state index in [9.17, 15) is 9.18 Å². The molecule has 0 bridgehead atoms. The minimum absolute atomic E-state index is 0.331. The molecule has 1 atom stereocenters. The Morgan fingerprint density at radius 2 is 1.71 bits per heavy atom. The molecule has 1 rings (SSSR count). The summed E-state index contributed by atoms with van der Waals surface area (Å²) in [5.41, 5.74) is 0.688. The Balaban J connectivity index is 2.87. The topological polar surface area (TPSA) is 35.5 Å². The Kier molecular flexibility index (Phi) is 5.80. The molecule has 0 aliphatic rings. The lowest BCUT2D eigenvalue weighted by Crippen LogP contribution is -2.27. The fourth-order valence-electron chi connectivity index (χ4n) is 1.57. The number of carbonyl (C=O) groups excluding carboxylic acids is 1. The first kappa shape index (κ1) is 13.8. The molecular weight excluding hydrogens is 223 g/mol. The Morgan fingerprint density at radius 3 is 2.12 bits per heavy atom. The van der Waals surface area contributed by atoms with Crippen molar-refractivity contribution < 1.29 is 18.7 Å². The standard InChI is InChI=1S/C13H17FO3/c1-3-16-13(17-4-2)12(9-15)10-5-7-11(14)8-6-10/h5-9,12-13H,3-4H2,1-2H3. The van der Waals surface area contributed by atoms with Crippen LogP contribution in [0.15, 0.2) is 24.3 Å². The third-order valence-electron chi connectivity index (χ3n) is 2.36. The van der Waals surface area contributed by atoms with Gasteiger partial charge in [0.2, 0.25) is 0 Å². The molecule has 1 aromatic rings. The zero-order chi connectivity index (χ0) is 12.7. The zero-order valence-electron chi connectivity index (χ0n) is 10.1. The highest BCUT2D eigenvalue weighted by Gasteiger charge is 2.23. The highest BCUT2D eigenvalue weighted by molar-refractivity contribution is 5.62. The van der Waals surface area contributed by atoms with Crippen LogP contribution in [0.4, 0.5) is 4.39 Å². The van der Waals surface area contributed by atoms with Crippen molar-refractivity contribution in [1.29, 1.82) is 0 Å². The van der Waals surface area contributed by atoms with Crippen LogP contribution in [0.3, 0.4) is 0 Å². The minimum atomic E-state index is -0.618. The van der Waals surface area contributed by atoms with E-state index in [-0.39, 0.29) is 5.82 Å². The third kappa shape index (κ3) is 3.91. The first-order chi connectivity index (χ1) is 8.22. The average Bonchev–Trinajstić information content (AvgIpc) is 2.33. The molecule has 0 N–H and O–H groups in total. The number of benzene rings is 1. The quantitative estimate of drug-likeness (QED) is 0.542. The van der Waals surface area contributed by atoms with Gasteiger partial charge in [0.05, 0.1) is 5.92 Å². The molecule has 94 valence electrons. The van der Waals surface area contributed by atoms with Crippen LogP contribution < -0.4 is 0 Å². The smallest absolute Gasteiger partial charge is 0.170 e. The second-order valence-electron chi connectivity index (χ2n) is 3.49. The van der Waals surface area contributed by atoms with Crippen LogP contribution in [0, 0.1) is 5.82 Å². The highest BCUT2D eigenvalue weighted by atomic mass is 19.1. The van der Waals surface area contributed by atoms with E-state index in [1.807, 2.05) is 13.8 Å². The lowest BCUT2D eigenvalue weighted by atomic mass is 10.00. The molecule has 0 heterocycles. The van der Waals surface area contributed by atoms with E-state index in [2.05, 4.69) is 0 Å². The molecule has 0 saturated carbocycles. The molecule has 3 nitrogen and oxygen atoms in total. The number of rotatable bonds is 7.